The number of amides is 1. The van der Waals surface area contributed by atoms with Crippen LogP contribution in [-0.4, -0.2) is 44.3 Å². The fourth-order valence-electron chi connectivity index (χ4n) is 3.82. The molecule has 1 amide bonds. The minimum absolute atomic E-state index is 0.0377. The van der Waals surface area contributed by atoms with Gasteiger partial charge in [-0.15, -0.1) is 0 Å². The molecular weight excluding hydrogens is 428 g/mol. The van der Waals surface area contributed by atoms with E-state index in [0.717, 1.165) is 11.1 Å². The largest absolute Gasteiger partial charge is 0.462 e. The third kappa shape index (κ3) is 5.75. The van der Waals surface area contributed by atoms with Gasteiger partial charge in [-0.1, -0.05) is 35.9 Å². The van der Waals surface area contributed by atoms with Crippen molar-refractivity contribution in [2.45, 2.75) is 39.4 Å². The molecule has 0 bridgehead atoms. The number of nitrogens with one attached hydrogen (secondary N) is 1. The van der Waals surface area contributed by atoms with E-state index >= 15 is 0 Å². The number of hydrogen-bond donors (Lipinski definition) is 1. The number of nitrogens with zero attached hydrogens (tertiary/aromatic N) is 1. The average Bonchev–Trinajstić information content (AvgIpc) is 2.77. The monoisotopic (exact) mass is 458 g/mol. The van der Waals surface area contributed by atoms with Crippen LogP contribution in [0.1, 0.15) is 46.8 Å². The molecule has 0 saturated carbocycles. The van der Waals surface area contributed by atoms with Crippen LogP contribution in [0.5, 0.6) is 0 Å². The molecular formula is C24H30N2O5S. The third-order valence-electron chi connectivity index (χ3n) is 5.77. The van der Waals surface area contributed by atoms with Crippen molar-refractivity contribution in [1.29, 1.82) is 0 Å². The predicted octanol–water partition coefficient (Wildman–Crippen LogP) is 3.66. The van der Waals surface area contributed by atoms with E-state index in [2.05, 4.69) is 5.32 Å². The van der Waals surface area contributed by atoms with Gasteiger partial charge in [-0.05, 0) is 56.9 Å². The zero-order valence-electron chi connectivity index (χ0n) is 18.8. The molecule has 0 atom stereocenters. The van der Waals surface area contributed by atoms with Crippen LogP contribution in [0.15, 0.2) is 42.5 Å². The van der Waals surface area contributed by atoms with E-state index in [4.69, 9.17) is 4.74 Å². The Morgan fingerprint density at radius 3 is 2.34 bits per heavy atom. The Balaban J connectivity index is 1.59. The second-order valence-corrected chi connectivity index (χ2v) is 10.1. The molecule has 0 unspecified atom stereocenters. The molecule has 2 aromatic rings. The molecule has 1 fully saturated rings. The topological polar surface area (TPSA) is 92.8 Å². The van der Waals surface area contributed by atoms with Gasteiger partial charge in [-0.3, -0.25) is 4.79 Å². The highest BCUT2D eigenvalue weighted by molar-refractivity contribution is 7.88. The van der Waals surface area contributed by atoms with Gasteiger partial charge in [0.1, 0.15) is 0 Å². The highest BCUT2D eigenvalue weighted by Gasteiger charge is 2.31. The smallest absolute Gasteiger partial charge is 0.338 e. The lowest BCUT2D eigenvalue weighted by Crippen LogP contribution is -2.41. The van der Waals surface area contributed by atoms with Crippen molar-refractivity contribution < 1.29 is 22.7 Å². The van der Waals surface area contributed by atoms with Gasteiger partial charge < -0.3 is 10.1 Å². The van der Waals surface area contributed by atoms with Gasteiger partial charge in [0.15, 0.2) is 0 Å². The first-order valence-electron chi connectivity index (χ1n) is 10.8. The first kappa shape index (κ1) is 23.9. The average molecular weight is 459 g/mol. The first-order valence-corrected chi connectivity index (χ1v) is 12.4. The Bertz CT molecular complexity index is 1070. The number of rotatable bonds is 7. The second-order valence-electron chi connectivity index (χ2n) is 8.10. The SMILES string of the molecule is CCOC(=O)c1cccc(NC(=O)C2CCN(S(=O)(=O)Cc3ccc(C)cc3)CC2)c1C. The van der Waals surface area contributed by atoms with Crippen LogP contribution < -0.4 is 5.32 Å². The van der Waals surface area contributed by atoms with Crippen LogP contribution in [0.25, 0.3) is 0 Å². The second kappa shape index (κ2) is 10.3. The Labute approximate surface area is 189 Å². The maximum absolute atomic E-state index is 12.8. The van der Waals surface area contributed by atoms with E-state index in [1.807, 2.05) is 31.2 Å². The Hall–Kier alpha value is -2.71. The van der Waals surface area contributed by atoms with Crippen molar-refractivity contribution in [3.05, 3.63) is 64.7 Å². The van der Waals surface area contributed by atoms with Crippen LogP contribution in [0.3, 0.4) is 0 Å². The zero-order chi connectivity index (χ0) is 23.3. The molecule has 172 valence electrons. The molecule has 0 radical (unpaired) electrons. The highest BCUT2D eigenvalue weighted by atomic mass is 32.2. The minimum Gasteiger partial charge on any atom is -0.462 e. The summed E-state index contributed by atoms with van der Waals surface area (Å²) in [6.45, 7) is 6.37. The molecule has 1 N–H and O–H groups in total. The number of aryl methyl sites for hydroxylation is 1. The van der Waals surface area contributed by atoms with Crippen molar-refractivity contribution in [2.75, 3.05) is 25.0 Å². The van der Waals surface area contributed by atoms with Crippen molar-refractivity contribution in [3.8, 4) is 0 Å². The zero-order valence-corrected chi connectivity index (χ0v) is 19.6. The van der Waals surface area contributed by atoms with Crippen molar-refractivity contribution in [1.82, 2.24) is 4.31 Å². The van der Waals surface area contributed by atoms with Gasteiger partial charge in [0.2, 0.25) is 15.9 Å². The van der Waals surface area contributed by atoms with E-state index in [0.29, 0.717) is 42.7 Å². The highest BCUT2D eigenvalue weighted by Crippen LogP contribution is 2.25. The lowest BCUT2D eigenvalue weighted by Gasteiger charge is -2.30. The molecule has 0 spiro atoms. The summed E-state index contributed by atoms with van der Waals surface area (Å²) in [5.41, 5.74) is 3.47. The summed E-state index contributed by atoms with van der Waals surface area (Å²) in [4.78, 5) is 24.9. The van der Waals surface area contributed by atoms with E-state index in [1.54, 1.807) is 32.0 Å². The van der Waals surface area contributed by atoms with Crippen LogP contribution in [0, 0.1) is 19.8 Å². The summed E-state index contributed by atoms with van der Waals surface area (Å²) in [6.07, 6.45) is 0.908. The van der Waals surface area contributed by atoms with Crippen LogP contribution in [-0.2, 0) is 25.3 Å². The van der Waals surface area contributed by atoms with Crippen LogP contribution in [0.4, 0.5) is 5.69 Å². The van der Waals surface area contributed by atoms with Gasteiger partial charge in [0.25, 0.3) is 0 Å². The van der Waals surface area contributed by atoms with E-state index in [-0.39, 0.29) is 24.2 Å². The maximum atomic E-state index is 12.8. The summed E-state index contributed by atoms with van der Waals surface area (Å²) < 4.78 is 32.1. The predicted molar refractivity (Wildman–Crippen MR) is 124 cm³/mol. The number of ether oxygens (including phenoxy) is 1. The molecule has 7 nitrogen and oxygen atoms in total. The standard InChI is InChI=1S/C24H30N2O5S/c1-4-31-24(28)21-6-5-7-22(18(21)3)25-23(27)20-12-14-26(15-13-20)32(29,30)16-19-10-8-17(2)9-11-19/h5-11,20H,4,12-16H2,1-3H3,(H,25,27). The number of esters is 1. The van der Waals surface area contributed by atoms with Gasteiger partial charge in [-0.25, -0.2) is 17.5 Å². The minimum atomic E-state index is -3.43. The molecule has 0 aliphatic carbocycles. The number of carbonyl (C=O) groups is 2. The Morgan fingerprint density at radius 2 is 1.72 bits per heavy atom. The number of hydrogen-bond acceptors (Lipinski definition) is 5. The molecule has 3 rings (SSSR count). The van der Waals surface area contributed by atoms with E-state index in [1.165, 1.54) is 4.31 Å². The fourth-order valence-corrected chi connectivity index (χ4v) is 5.38. The number of carbonyl (C=O) groups excluding carboxylic acids is 2. The van der Waals surface area contributed by atoms with Gasteiger partial charge in [-0.2, -0.15) is 0 Å². The molecule has 8 heteroatoms. The summed E-state index contributed by atoms with van der Waals surface area (Å²) in [6, 6.07) is 12.6. The number of sulfonamides is 1. The lowest BCUT2D eigenvalue weighted by molar-refractivity contribution is -0.120. The summed E-state index contributed by atoms with van der Waals surface area (Å²) in [7, 11) is -3.43. The molecule has 1 heterocycles. The quantitative estimate of drug-likeness (QED) is 0.639. The normalized spacial score (nSPS) is 15.3. The van der Waals surface area contributed by atoms with Crippen LogP contribution in [0.2, 0.25) is 0 Å². The first-order chi connectivity index (χ1) is 15.2. The van der Waals surface area contributed by atoms with Gasteiger partial charge in [0.05, 0.1) is 17.9 Å². The van der Waals surface area contributed by atoms with E-state index < -0.39 is 16.0 Å². The van der Waals surface area contributed by atoms with Crippen molar-refractivity contribution >= 4 is 27.6 Å². The molecule has 1 aliphatic rings. The number of anilines is 1. The summed E-state index contributed by atoms with van der Waals surface area (Å²) >= 11 is 0. The molecule has 2 aromatic carbocycles. The third-order valence-corrected chi connectivity index (χ3v) is 7.62. The summed E-state index contributed by atoms with van der Waals surface area (Å²) in [5.74, 6) is -0.909. The molecule has 0 aromatic heterocycles. The summed E-state index contributed by atoms with van der Waals surface area (Å²) in [5, 5.41) is 2.90. The molecule has 1 saturated heterocycles. The molecule has 32 heavy (non-hydrogen) atoms. The Kier molecular flexibility index (Phi) is 7.69. The van der Waals surface area contributed by atoms with Crippen molar-refractivity contribution in [3.63, 3.8) is 0 Å². The Morgan fingerprint density at radius 1 is 1.06 bits per heavy atom. The van der Waals surface area contributed by atoms with Crippen LogP contribution >= 0.6 is 0 Å². The maximum Gasteiger partial charge on any atom is 0.338 e. The van der Waals surface area contributed by atoms with Gasteiger partial charge in [0, 0.05) is 24.7 Å². The number of piperidine rings is 1. The molecule has 1 aliphatic heterocycles. The van der Waals surface area contributed by atoms with Crippen molar-refractivity contribution in [2.24, 2.45) is 5.92 Å². The fraction of sp³-hybridized carbons (Fsp3) is 0.417. The lowest BCUT2D eigenvalue weighted by atomic mass is 9.96. The van der Waals surface area contributed by atoms with E-state index in [9.17, 15) is 18.0 Å². The van der Waals surface area contributed by atoms with Gasteiger partial charge >= 0.3 is 5.97 Å². The number of benzene rings is 2.